The van der Waals surface area contributed by atoms with Crippen molar-refractivity contribution in [2.75, 3.05) is 18.4 Å². The Labute approximate surface area is 144 Å². The molecule has 0 radical (unpaired) electrons. The van der Waals surface area contributed by atoms with Crippen molar-refractivity contribution in [1.82, 2.24) is 15.3 Å². The first-order valence-corrected chi connectivity index (χ1v) is 8.31. The van der Waals surface area contributed by atoms with Gasteiger partial charge in [-0.2, -0.15) is 0 Å². The molecule has 1 aromatic heterocycles. The third kappa shape index (κ3) is 2.88. The van der Waals surface area contributed by atoms with Gasteiger partial charge in [0.15, 0.2) is 5.82 Å². The summed E-state index contributed by atoms with van der Waals surface area (Å²) in [7, 11) is 0. The number of nitrogens with one attached hydrogen (secondary N) is 2. The minimum absolute atomic E-state index is 0.114. The van der Waals surface area contributed by atoms with Crippen LogP contribution in [0.1, 0.15) is 6.42 Å². The first-order valence-electron chi connectivity index (χ1n) is 7.93. The molecule has 1 saturated heterocycles. The Bertz CT molecular complexity index is 893. The SMILES string of the molecule is Oc1ccc(Cl)cc1-c1nc(N[C@H]2CCNC2)c2ccccc2n1. The van der Waals surface area contributed by atoms with E-state index in [1.165, 1.54) is 0 Å². The van der Waals surface area contributed by atoms with E-state index >= 15 is 0 Å². The van der Waals surface area contributed by atoms with Gasteiger partial charge in [0.25, 0.3) is 0 Å². The average Bonchev–Trinajstić information content (AvgIpc) is 3.10. The zero-order valence-electron chi connectivity index (χ0n) is 13.0. The van der Waals surface area contributed by atoms with Crippen molar-refractivity contribution >= 4 is 28.3 Å². The minimum Gasteiger partial charge on any atom is -0.507 e. The lowest BCUT2D eigenvalue weighted by atomic mass is 10.1. The Morgan fingerprint density at radius 1 is 1.17 bits per heavy atom. The van der Waals surface area contributed by atoms with Gasteiger partial charge in [0.2, 0.25) is 0 Å². The van der Waals surface area contributed by atoms with Crippen molar-refractivity contribution in [1.29, 1.82) is 0 Å². The largest absolute Gasteiger partial charge is 0.507 e. The molecule has 3 aromatic rings. The summed E-state index contributed by atoms with van der Waals surface area (Å²) in [5, 5.41) is 18.5. The Kier molecular flexibility index (Phi) is 3.96. The number of phenols is 1. The predicted molar refractivity (Wildman–Crippen MR) is 96.5 cm³/mol. The highest BCUT2D eigenvalue weighted by atomic mass is 35.5. The highest BCUT2D eigenvalue weighted by Crippen LogP contribution is 2.32. The number of aromatic hydroxyl groups is 1. The van der Waals surface area contributed by atoms with Gasteiger partial charge in [-0.25, -0.2) is 9.97 Å². The number of hydrogen-bond acceptors (Lipinski definition) is 5. The van der Waals surface area contributed by atoms with Gasteiger partial charge in [0, 0.05) is 23.0 Å². The number of fused-ring (bicyclic) bond motifs is 1. The van der Waals surface area contributed by atoms with E-state index in [1.807, 2.05) is 24.3 Å². The first-order chi connectivity index (χ1) is 11.7. The summed E-state index contributed by atoms with van der Waals surface area (Å²) in [5.41, 5.74) is 1.36. The molecule has 1 aliphatic rings. The Balaban J connectivity index is 1.85. The monoisotopic (exact) mass is 340 g/mol. The third-order valence-corrected chi connectivity index (χ3v) is 4.44. The molecular weight excluding hydrogens is 324 g/mol. The van der Waals surface area contributed by atoms with Crippen molar-refractivity contribution < 1.29 is 5.11 Å². The Morgan fingerprint density at radius 3 is 2.88 bits per heavy atom. The maximum absolute atomic E-state index is 10.2. The minimum atomic E-state index is 0.114. The van der Waals surface area contributed by atoms with E-state index in [2.05, 4.69) is 20.6 Å². The van der Waals surface area contributed by atoms with Crippen molar-refractivity contribution in [3.63, 3.8) is 0 Å². The number of para-hydroxylation sites is 1. The maximum atomic E-state index is 10.2. The van der Waals surface area contributed by atoms with Crippen LogP contribution in [0.4, 0.5) is 5.82 Å². The standard InChI is InChI=1S/C18H17ClN4O/c19-11-5-6-16(24)14(9-11)18-22-15-4-2-1-3-13(15)17(23-18)21-12-7-8-20-10-12/h1-6,9,12,20,24H,7-8,10H2,(H,21,22,23)/t12-/m0/s1. The van der Waals surface area contributed by atoms with Gasteiger partial charge in [-0.3, -0.25) is 0 Å². The van der Waals surface area contributed by atoms with E-state index in [-0.39, 0.29) is 5.75 Å². The summed E-state index contributed by atoms with van der Waals surface area (Å²) in [5.74, 6) is 1.36. The molecule has 4 rings (SSSR count). The first kappa shape index (κ1) is 15.2. The topological polar surface area (TPSA) is 70.1 Å². The molecule has 3 N–H and O–H groups in total. The van der Waals surface area contributed by atoms with E-state index in [1.54, 1.807) is 18.2 Å². The van der Waals surface area contributed by atoms with E-state index in [4.69, 9.17) is 11.6 Å². The second-order valence-electron chi connectivity index (χ2n) is 5.91. The average molecular weight is 341 g/mol. The molecule has 2 aromatic carbocycles. The molecular formula is C18H17ClN4O. The van der Waals surface area contributed by atoms with Crippen LogP contribution in [0.3, 0.4) is 0 Å². The van der Waals surface area contributed by atoms with E-state index in [9.17, 15) is 5.11 Å². The van der Waals surface area contributed by atoms with Crippen LogP contribution in [0.15, 0.2) is 42.5 Å². The lowest BCUT2D eigenvalue weighted by Gasteiger charge is -2.15. The lowest BCUT2D eigenvalue weighted by Crippen LogP contribution is -2.23. The van der Waals surface area contributed by atoms with Crippen LogP contribution in [-0.4, -0.2) is 34.2 Å². The van der Waals surface area contributed by atoms with Crippen molar-refractivity contribution in [3.05, 3.63) is 47.5 Å². The van der Waals surface area contributed by atoms with E-state index in [0.29, 0.717) is 22.5 Å². The third-order valence-electron chi connectivity index (χ3n) is 4.20. The second-order valence-corrected chi connectivity index (χ2v) is 6.34. The highest BCUT2D eigenvalue weighted by molar-refractivity contribution is 6.30. The van der Waals surface area contributed by atoms with Crippen molar-refractivity contribution in [2.45, 2.75) is 12.5 Å². The summed E-state index contributed by atoms with van der Waals surface area (Å²) >= 11 is 6.07. The number of rotatable bonds is 3. The Morgan fingerprint density at radius 2 is 2.04 bits per heavy atom. The number of aromatic nitrogens is 2. The van der Waals surface area contributed by atoms with E-state index in [0.717, 1.165) is 36.2 Å². The van der Waals surface area contributed by atoms with Gasteiger partial charge >= 0.3 is 0 Å². The molecule has 0 saturated carbocycles. The summed E-state index contributed by atoms with van der Waals surface area (Å²) in [6.07, 6.45) is 1.05. The molecule has 6 heteroatoms. The van der Waals surface area contributed by atoms with Gasteiger partial charge in [-0.1, -0.05) is 23.7 Å². The fourth-order valence-corrected chi connectivity index (χ4v) is 3.14. The van der Waals surface area contributed by atoms with Crippen molar-refractivity contribution in [3.8, 4) is 17.1 Å². The van der Waals surface area contributed by atoms with Gasteiger partial charge in [-0.05, 0) is 43.3 Å². The van der Waals surface area contributed by atoms with Crippen molar-refractivity contribution in [2.24, 2.45) is 0 Å². The fourth-order valence-electron chi connectivity index (χ4n) is 2.97. The molecule has 1 atom stereocenters. The van der Waals surface area contributed by atoms with Crippen LogP contribution < -0.4 is 10.6 Å². The van der Waals surface area contributed by atoms with Crippen LogP contribution >= 0.6 is 11.6 Å². The quantitative estimate of drug-likeness (QED) is 0.681. The Hall–Kier alpha value is -2.37. The number of phenolic OH excluding ortho intramolecular Hbond substituents is 1. The molecule has 5 nitrogen and oxygen atoms in total. The molecule has 0 unspecified atom stereocenters. The number of anilines is 1. The van der Waals surface area contributed by atoms with Crippen LogP contribution in [0.25, 0.3) is 22.3 Å². The van der Waals surface area contributed by atoms with E-state index < -0.39 is 0 Å². The lowest BCUT2D eigenvalue weighted by molar-refractivity contribution is 0.477. The highest BCUT2D eigenvalue weighted by Gasteiger charge is 2.18. The molecule has 0 spiro atoms. The molecule has 122 valence electrons. The van der Waals surface area contributed by atoms with Gasteiger partial charge in [0.1, 0.15) is 11.6 Å². The van der Waals surface area contributed by atoms with Gasteiger partial charge in [-0.15, -0.1) is 0 Å². The zero-order chi connectivity index (χ0) is 16.5. The number of nitrogens with zero attached hydrogens (tertiary/aromatic N) is 2. The molecule has 0 bridgehead atoms. The summed E-state index contributed by atoms with van der Waals surface area (Å²) in [6, 6.07) is 13.1. The molecule has 2 heterocycles. The smallest absolute Gasteiger partial charge is 0.165 e. The summed E-state index contributed by atoms with van der Waals surface area (Å²) < 4.78 is 0. The van der Waals surface area contributed by atoms with Crippen LogP contribution in [-0.2, 0) is 0 Å². The molecule has 24 heavy (non-hydrogen) atoms. The van der Waals surface area contributed by atoms with Crippen LogP contribution in [0.5, 0.6) is 5.75 Å². The molecule has 0 amide bonds. The number of halogens is 1. The van der Waals surface area contributed by atoms with Gasteiger partial charge in [0.05, 0.1) is 11.1 Å². The van der Waals surface area contributed by atoms with Gasteiger partial charge < -0.3 is 15.7 Å². The number of hydrogen-bond donors (Lipinski definition) is 3. The zero-order valence-corrected chi connectivity index (χ0v) is 13.7. The molecule has 0 aliphatic carbocycles. The normalized spacial score (nSPS) is 17.3. The molecule has 1 aliphatic heterocycles. The second kappa shape index (κ2) is 6.26. The van der Waals surface area contributed by atoms with Crippen LogP contribution in [0.2, 0.25) is 5.02 Å². The van der Waals surface area contributed by atoms with Crippen LogP contribution in [0, 0.1) is 0 Å². The summed E-state index contributed by atoms with van der Waals surface area (Å²) in [4.78, 5) is 9.27. The number of benzene rings is 2. The predicted octanol–water partition coefficient (Wildman–Crippen LogP) is 3.43. The maximum Gasteiger partial charge on any atom is 0.165 e. The summed E-state index contributed by atoms with van der Waals surface area (Å²) in [6.45, 7) is 1.92. The molecule has 1 fully saturated rings. The fraction of sp³-hybridized carbons (Fsp3) is 0.222.